The standard InChI is InChI=1S/C23H24FN5OS2/c1-12-27-23-21(31-12)19(26)20(32-23)22(30)28-13-5-6-14-15(9-13)17(24)10-18(16(14)11-25)29-7-3-2-4-8-29/h10,13H,2-9,26H2,1H3,(H,28,30)/t13-/m1/s1. The van der Waals surface area contributed by atoms with Crippen LogP contribution in [0.5, 0.6) is 0 Å². The molecule has 1 atom stereocenters. The van der Waals surface area contributed by atoms with E-state index in [9.17, 15) is 10.1 Å². The first-order valence-electron chi connectivity index (χ1n) is 10.9. The molecule has 0 spiro atoms. The molecule has 6 nitrogen and oxygen atoms in total. The Labute approximate surface area is 193 Å². The first kappa shape index (κ1) is 21.2. The van der Waals surface area contributed by atoms with E-state index >= 15 is 4.39 Å². The van der Waals surface area contributed by atoms with Crippen molar-refractivity contribution in [3.63, 3.8) is 0 Å². The molecule has 0 bridgehead atoms. The number of amides is 1. The van der Waals surface area contributed by atoms with Crippen LogP contribution >= 0.6 is 22.7 Å². The highest BCUT2D eigenvalue weighted by molar-refractivity contribution is 7.29. The highest BCUT2D eigenvalue weighted by atomic mass is 32.1. The monoisotopic (exact) mass is 469 g/mol. The van der Waals surface area contributed by atoms with Gasteiger partial charge in [-0.15, -0.1) is 22.7 Å². The predicted octanol–water partition coefficient (Wildman–Crippen LogP) is 4.54. The number of rotatable bonds is 3. The maximum absolute atomic E-state index is 15.2. The van der Waals surface area contributed by atoms with E-state index in [-0.39, 0.29) is 17.8 Å². The number of aromatic nitrogens is 1. The van der Waals surface area contributed by atoms with Crippen molar-refractivity contribution in [1.82, 2.24) is 10.3 Å². The average Bonchev–Trinajstić information content (AvgIpc) is 3.31. The smallest absolute Gasteiger partial charge is 0.263 e. The van der Waals surface area contributed by atoms with E-state index < -0.39 is 0 Å². The summed E-state index contributed by atoms with van der Waals surface area (Å²) in [6, 6.07) is 3.65. The zero-order valence-corrected chi connectivity index (χ0v) is 19.5. The molecule has 0 unspecified atom stereocenters. The molecule has 1 aromatic carbocycles. The summed E-state index contributed by atoms with van der Waals surface area (Å²) >= 11 is 2.78. The number of hydrogen-bond donors (Lipinski definition) is 2. The largest absolute Gasteiger partial charge is 0.396 e. The number of nitrogens with one attached hydrogen (secondary N) is 1. The number of piperidine rings is 1. The number of nitrogens with zero attached hydrogens (tertiary/aromatic N) is 3. The van der Waals surface area contributed by atoms with Crippen LogP contribution in [0.25, 0.3) is 9.53 Å². The molecule has 5 rings (SSSR count). The van der Waals surface area contributed by atoms with Crippen molar-refractivity contribution < 1.29 is 9.18 Å². The maximum atomic E-state index is 15.2. The number of aryl methyl sites for hydroxylation is 1. The van der Waals surface area contributed by atoms with Crippen LogP contribution < -0.4 is 16.0 Å². The zero-order valence-electron chi connectivity index (χ0n) is 17.8. The summed E-state index contributed by atoms with van der Waals surface area (Å²) in [5, 5.41) is 13.8. The van der Waals surface area contributed by atoms with E-state index in [0.717, 1.165) is 51.7 Å². The minimum absolute atomic E-state index is 0.203. The third-order valence-corrected chi connectivity index (χ3v) is 8.64. The Morgan fingerprint density at radius 2 is 2.09 bits per heavy atom. The third kappa shape index (κ3) is 3.61. The Hall–Kier alpha value is -2.70. The summed E-state index contributed by atoms with van der Waals surface area (Å²) in [7, 11) is 0. The highest BCUT2D eigenvalue weighted by Crippen LogP contribution is 2.38. The van der Waals surface area contributed by atoms with E-state index in [2.05, 4.69) is 21.3 Å². The molecular formula is C23H24FN5OS2. The van der Waals surface area contributed by atoms with Gasteiger partial charge in [-0.05, 0) is 62.6 Å². The Balaban J connectivity index is 1.38. The van der Waals surface area contributed by atoms with Gasteiger partial charge in [0.1, 0.15) is 21.6 Å². The van der Waals surface area contributed by atoms with Gasteiger partial charge in [0.25, 0.3) is 5.91 Å². The van der Waals surface area contributed by atoms with Crippen LogP contribution in [0.15, 0.2) is 6.07 Å². The zero-order chi connectivity index (χ0) is 22.4. The number of hydrogen-bond acceptors (Lipinski definition) is 7. The molecule has 3 heterocycles. The van der Waals surface area contributed by atoms with E-state index in [0.29, 0.717) is 41.0 Å². The van der Waals surface area contributed by atoms with E-state index in [4.69, 9.17) is 5.73 Å². The SMILES string of the molecule is Cc1nc2sc(C(=O)N[C@@H]3CCc4c(C#N)c(N5CCCCC5)cc(F)c4C3)c(N)c2s1. The van der Waals surface area contributed by atoms with Crippen molar-refractivity contribution in [3.8, 4) is 6.07 Å². The molecule has 9 heteroatoms. The third-order valence-electron chi connectivity index (χ3n) is 6.41. The number of nitrogen functional groups attached to an aromatic ring is 1. The van der Waals surface area contributed by atoms with Crippen LogP contribution in [0.4, 0.5) is 15.8 Å². The van der Waals surface area contributed by atoms with Crippen LogP contribution in [0.3, 0.4) is 0 Å². The van der Waals surface area contributed by atoms with Crippen molar-refractivity contribution in [2.24, 2.45) is 0 Å². The first-order valence-corrected chi connectivity index (χ1v) is 12.5. The van der Waals surface area contributed by atoms with Gasteiger partial charge >= 0.3 is 0 Å². The van der Waals surface area contributed by atoms with Crippen molar-refractivity contribution in [1.29, 1.82) is 5.26 Å². The van der Waals surface area contributed by atoms with Gasteiger partial charge in [0, 0.05) is 19.1 Å². The number of nitrogens with two attached hydrogens (primary N) is 1. The number of fused-ring (bicyclic) bond motifs is 2. The average molecular weight is 470 g/mol. The molecule has 1 amide bonds. The molecule has 0 radical (unpaired) electrons. The van der Waals surface area contributed by atoms with Crippen LogP contribution in [0.2, 0.25) is 0 Å². The Kier molecular flexibility index (Phi) is 5.51. The fraction of sp³-hybridized carbons (Fsp3) is 0.435. The molecule has 166 valence electrons. The number of thiazole rings is 1. The van der Waals surface area contributed by atoms with Crippen LogP contribution in [0.1, 0.15) is 57.1 Å². The lowest BCUT2D eigenvalue weighted by molar-refractivity contribution is 0.0938. The van der Waals surface area contributed by atoms with Crippen molar-refractivity contribution in [2.45, 2.75) is 51.5 Å². The number of halogens is 1. The van der Waals surface area contributed by atoms with Gasteiger partial charge in [-0.2, -0.15) is 5.26 Å². The second kappa shape index (κ2) is 8.34. The van der Waals surface area contributed by atoms with Gasteiger partial charge in [0.05, 0.1) is 26.6 Å². The summed E-state index contributed by atoms with van der Waals surface area (Å²) in [5.41, 5.74) is 9.34. The predicted molar refractivity (Wildman–Crippen MR) is 127 cm³/mol. The lowest BCUT2D eigenvalue weighted by Crippen LogP contribution is -2.39. The van der Waals surface area contributed by atoms with Gasteiger partial charge in [0.15, 0.2) is 0 Å². The van der Waals surface area contributed by atoms with Crippen LogP contribution in [-0.2, 0) is 12.8 Å². The number of benzene rings is 1. The summed E-state index contributed by atoms with van der Waals surface area (Å²) in [6.07, 6.45) is 4.91. The number of anilines is 2. The Morgan fingerprint density at radius 1 is 1.31 bits per heavy atom. The number of thiophene rings is 1. The van der Waals surface area contributed by atoms with E-state index in [1.807, 2.05) is 6.92 Å². The van der Waals surface area contributed by atoms with Crippen LogP contribution in [-0.4, -0.2) is 30.0 Å². The molecule has 3 aromatic rings. The normalized spacial score (nSPS) is 18.4. The van der Waals surface area contributed by atoms with Gasteiger partial charge in [-0.3, -0.25) is 4.79 Å². The molecule has 2 aromatic heterocycles. The summed E-state index contributed by atoms with van der Waals surface area (Å²) < 4.78 is 16.0. The highest BCUT2D eigenvalue weighted by Gasteiger charge is 2.30. The van der Waals surface area contributed by atoms with Crippen molar-refractivity contribution in [2.75, 3.05) is 23.7 Å². The van der Waals surface area contributed by atoms with Gasteiger partial charge < -0.3 is 16.0 Å². The topological polar surface area (TPSA) is 95.0 Å². The number of nitriles is 1. The van der Waals surface area contributed by atoms with Gasteiger partial charge in [-0.1, -0.05) is 0 Å². The second-order valence-electron chi connectivity index (χ2n) is 8.49. The molecule has 1 saturated heterocycles. The molecule has 3 N–H and O–H groups in total. The Bertz CT molecular complexity index is 1250. The summed E-state index contributed by atoms with van der Waals surface area (Å²) in [6.45, 7) is 3.64. The second-order valence-corrected chi connectivity index (χ2v) is 10.7. The number of carbonyl (C=O) groups excluding carboxylic acids is 1. The molecule has 32 heavy (non-hydrogen) atoms. The lowest BCUT2D eigenvalue weighted by Gasteiger charge is -2.33. The summed E-state index contributed by atoms with van der Waals surface area (Å²) in [4.78, 5) is 20.7. The minimum atomic E-state index is -0.283. The fourth-order valence-electron chi connectivity index (χ4n) is 4.85. The van der Waals surface area contributed by atoms with Crippen LogP contribution in [0, 0.1) is 24.1 Å². The van der Waals surface area contributed by atoms with E-state index in [1.54, 1.807) is 0 Å². The minimum Gasteiger partial charge on any atom is -0.396 e. The maximum Gasteiger partial charge on any atom is 0.263 e. The molecular weight excluding hydrogens is 445 g/mol. The summed E-state index contributed by atoms with van der Waals surface area (Å²) in [5.74, 6) is -0.524. The van der Waals surface area contributed by atoms with E-state index in [1.165, 1.54) is 35.2 Å². The van der Waals surface area contributed by atoms with Gasteiger partial charge in [0.2, 0.25) is 0 Å². The molecule has 1 aliphatic heterocycles. The quantitative estimate of drug-likeness (QED) is 0.587. The molecule has 2 aliphatic rings. The van der Waals surface area contributed by atoms with Gasteiger partial charge in [-0.25, -0.2) is 9.37 Å². The lowest BCUT2D eigenvalue weighted by atomic mass is 9.84. The molecule has 0 saturated carbocycles. The molecule has 1 aliphatic carbocycles. The number of carbonyl (C=O) groups is 1. The van der Waals surface area contributed by atoms with Crippen molar-refractivity contribution in [3.05, 3.63) is 38.5 Å². The fourth-order valence-corrected chi connectivity index (χ4v) is 6.94. The van der Waals surface area contributed by atoms with Crippen molar-refractivity contribution >= 4 is 49.5 Å². The Morgan fingerprint density at radius 3 is 2.81 bits per heavy atom. The first-order chi connectivity index (χ1) is 15.5. The molecule has 1 fully saturated rings.